The lowest BCUT2D eigenvalue weighted by molar-refractivity contribution is 0.119. The molecule has 1 fully saturated rings. The third-order valence-corrected chi connectivity index (χ3v) is 4.44. The second-order valence-corrected chi connectivity index (χ2v) is 5.52. The molecule has 0 aliphatic heterocycles. The standard InChI is InChI=1S/C15H23NO2/c1-3-15(8-5-9-15)10-16-11(2)14-12(17)6-4-7-13(14)18/h4,6-7,11,16-18H,3,5,8-10H2,1-2H3. The minimum absolute atomic E-state index is 0.0322. The molecule has 0 radical (unpaired) electrons. The van der Waals surface area contributed by atoms with Crippen LogP contribution in [0, 0.1) is 5.41 Å². The lowest BCUT2D eigenvalue weighted by Gasteiger charge is -2.42. The van der Waals surface area contributed by atoms with Crippen molar-refractivity contribution in [3.63, 3.8) is 0 Å². The van der Waals surface area contributed by atoms with Gasteiger partial charge in [0.2, 0.25) is 0 Å². The summed E-state index contributed by atoms with van der Waals surface area (Å²) >= 11 is 0. The van der Waals surface area contributed by atoms with Crippen LogP contribution < -0.4 is 5.32 Å². The Hall–Kier alpha value is -1.22. The summed E-state index contributed by atoms with van der Waals surface area (Å²) in [5.74, 6) is 0.323. The van der Waals surface area contributed by atoms with E-state index in [1.165, 1.54) is 25.7 Å². The number of aromatic hydroxyl groups is 2. The monoisotopic (exact) mass is 249 g/mol. The molecule has 18 heavy (non-hydrogen) atoms. The topological polar surface area (TPSA) is 52.5 Å². The predicted molar refractivity (Wildman–Crippen MR) is 72.8 cm³/mol. The number of phenolic OH excluding ortho intramolecular Hbond substituents is 2. The number of phenols is 2. The van der Waals surface area contributed by atoms with Gasteiger partial charge in [-0.25, -0.2) is 0 Å². The van der Waals surface area contributed by atoms with Crippen LogP contribution in [0.25, 0.3) is 0 Å². The molecule has 0 bridgehead atoms. The molecule has 0 spiro atoms. The van der Waals surface area contributed by atoms with Crippen molar-refractivity contribution in [2.24, 2.45) is 5.41 Å². The smallest absolute Gasteiger partial charge is 0.124 e. The Morgan fingerprint density at radius 2 is 1.89 bits per heavy atom. The Morgan fingerprint density at radius 3 is 2.33 bits per heavy atom. The maximum atomic E-state index is 9.82. The first-order valence-electron chi connectivity index (χ1n) is 6.82. The van der Waals surface area contributed by atoms with Gasteiger partial charge in [-0.2, -0.15) is 0 Å². The van der Waals surface area contributed by atoms with E-state index in [0.29, 0.717) is 11.0 Å². The van der Waals surface area contributed by atoms with E-state index in [2.05, 4.69) is 12.2 Å². The highest BCUT2D eigenvalue weighted by atomic mass is 16.3. The van der Waals surface area contributed by atoms with Crippen LogP contribution in [-0.2, 0) is 0 Å². The number of hydrogen-bond donors (Lipinski definition) is 3. The van der Waals surface area contributed by atoms with Crippen molar-refractivity contribution in [3.8, 4) is 11.5 Å². The second-order valence-electron chi connectivity index (χ2n) is 5.52. The lowest BCUT2D eigenvalue weighted by atomic mass is 9.67. The fraction of sp³-hybridized carbons (Fsp3) is 0.600. The highest BCUT2D eigenvalue weighted by Gasteiger charge is 2.35. The lowest BCUT2D eigenvalue weighted by Crippen LogP contribution is -2.40. The van der Waals surface area contributed by atoms with Crippen molar-refractivity contribution in [2.75, 3.05) is 6.54 Å². The maximum absolute atomic E-state index is 9.82. The highest BCUT2D eigenvalue weighted by Crippen LogP contribution is 2.43. The fourth-order valence-electron chi connectivity index (χ4n) is 2.79. The molecule has 3 N–H and O–H groups in total. The number of nitrogens with one attached hydrogen (secondary N) is 1. The van der Waals surface area contributed by atoms with E-state index >= 15 is 0 Å². The predicted octanol–water partition coefficient (Wildman–Crippen LogP) is 3.33. The van der Waals surface area contributed by atoms with E-state index in [4.69, 9.17) is 0 Å². The molecule has 1 unspecified atom stereocenters. The average molecular weight is 249 g/mol. The number of benzene rings is 1. The summed E-state index contributed by atoms with van der Waals surface area (Å²) in [5.41, 5.74) is 1.04. The van der Waals surface area contributed by atoms with E-state index in [-0.39, 0.29) is 17.5 Å². The van der Waals surface area contributed by atoms with Crippen LogP contribution >= 0.6 is 0 Å². The van der Waals surface area contributed by atoms with Crippen molar-refractivity contribution in [1.29, 1.82) is 0 Å². The van der Waals surface area contributed by atoms with Crippen LogP contribution in [0.1, 0.15) is 51.1 Å². The zero-order valence-corrected chi connectivity index (χ0v) is 11.2. The minimum Gasteiger partial charge on any atom is -0.507 e. The van der Waals surface area contributed by atoms with E-state index < -0.39 is 0 Å². The van der Waals surface area contributed by atoms with E-state index in [0.717, 1.165) is 6.54 Å². The third kappa shape index (κ3) is 2.46. The van der Waals surface area contributed by atoms with E-state index in [1.807, 2.05) is 6.92 Å². The van der Waals surface area contributed by atoms with E-state index in [9.17, 15) is 10.2 Å². The molecule has 0 saturated heterocycles. The molecule has 1 aliphatic carbocycles. The third-order valence-electron chi connectivity index (χ3n) is 4.44. The van der Waals surface area contributed by atoms with Gasteiger partial charge in [-0.3, -0.25) is 0 Å². The van der Waals surface area contributed by atoms with Gasteiger partial charge in [-0.05, 0) is 43.7 Å². The summed E-state index contributed by atoms with van der Waals surface area (Å²) in [7, 11) is 0. The summed E-state index contributed by atoms with van der Waals surface area (Å²) in [4.78, 5) is 0. The molecular weight excluding hydrogens is 226 g/mol. The van der Waals surface area contributed by atoms with Crippen LogP contribution in [0.4, 0.5) is 0 Å². The quantitative estimate of drug-likeness (QED) is 0.750. The van der Waals surface area contributed by atoms with E-state index in [1.54, 1.807) is 18.2 Å². The zero-order chi connectivity index (χ0) is 13.2. The first-order chi connectivity index (χ1) is 8.58. The molecule has 1 aliphatic rings. The molecule has 2 rings (SSSR count). The van der Waals surface area contributed by atoms with Gasteiger partial charge in [0.1, 0.15) is 11.5 Å². The van der Waals surface area contributed by atoms with Crippen LogP contribution in [0.2, 0.25) is 0 Å². The summed E-state index contributed by atoms with van der Waals surface area (Å²) in [6.07, 6.45) is 5.09. The van der Waals surface area contributed by atoms with Gasteiger partial charge in [0.05, 0.1) is 5.56 Å². The molecule has 0 amide bonds. The molecule has 3 nitrogen and oxygen atoms in total. The summed E-state index contributed by atoms with van der Waals surface area (Å²) in [6, 6.07) is 4.86. The fourth-order valence-corrected chi connectivity index (χ4v) is 2.79. The zero-order valence-electron chi connectivity index (χ0n) is 11.2. The van der Waals surface area contributed by atoms with Gasteiger partial charge in [-0.1, -0.05) is 19.4 Å². The van der Waals surface area contributed by atoms with Gasteiger partial charge in [0.15, 0.2) is 0 Å². The van der Waals surface area contributed by atoms with Crippen molar-refractivity contribution in [2.45, 2.75) is 45.6 Å². The highest BCUT2D eigenvalue weighted by molar-refractivity contribution is 5.44. The van der Waals surface area contributed by atoms with Gasteiger partial charge < -0.3 is 15.5 Å². The van der Waals surface area contributed by atoms with Crippen LogP contribution in [0.15, 0.2) is 18.2 Å². The molecule has 3 heteroatoms. The number of rotatable bonds is 5. The van der Waals surface area contributed by atoms with Crippen LogP contribution in [0.5, 0.6) is 11.5 Å². The van der Waals surface area contributed by atoms with Gasteiger partial charge in [-0.15, -0.1) is 0 Å². The second kappa shape index (κ2) is 5.19. The molecule has 1 atom stereocenters. The number of hydrogen-bond acceptors (Lipinski definition) is 3. The van der Waals surface area contributed by atoms with Crippen molar-refractivity contribution in [3.05, 3.63) is 23.8 Å². The largest absolute Gasteiger partial charge is 0.507 e. The molecule has 0 aromatic heterocycles. The molecular formula is C15H23NO2. The Balaban J connectivity index is 2.01. The Kier molecular flexibility index (Phi) is 3.81. The SMILES string of the molecule is CCC1(CNC(C)c2c(O)cccc2O)CCC1. The minimum atomic E-state index is -0.0322. The van der Waals surface area contributed by atoms with Crippen molar-refractivity contribution >= 4 is 0 Å². The van der Waals surface area contributed by atoms with Gasteiger partial charge in [0, 0.05) is 12.6 Å². The normalized spacial score (nSPS) is 19.2. The van der Waals surface area contributed by atoms with Crippen molar-refractivity contribution in [1.82, 2.24) is 5.32 Å². The molecule has 1 saturated carbocycles. The molecule has 0 heterocycles. The van der Waals surface area contributed by atoms with Crippen LogP contribution in [-0.4, -0.2) is 16.8 Å². The summed E-state index contributed by atoms with van der Waals surface area (Å²) < 4.78 is 0. The summed E-state index contributed by atoms with van der Waals surface area (Å²) in [6.45, 7) is 5.18. The Morgan fingerprint density at radius 1 is 1.28 bits per heavy atom. The Bertz CT molecular complexity index is 387. The molecule has 1 aromatic rings. The first kappa shape index (κ1) is 13.2. The van der Waals surface area contributed by atoms with Crippen LogP contribution in [0.3, 0.4) is 0 Å². The van der Waals surface area contributed by atoms with Gasteiger partial charge in [0.25, 0.3) is 0 Å². The van der Waals surface area contributed by atoms with Crippen molar-refractivity contribution < 1.29 is 10.2 Å². The molecule has 1 aromatic carbocycles. The molecule has 100 valence electrons. The Labute approximate surface area is 109 Å². The summed E-state index contributed by atoms with van der Waals surface area (Å²) in [5, 5.41) is 23.1. The first-order valence-corrected chi connectivity index (χ1v) is 6.82. The average Bonchev–Trinajstić information content (AvgIpc) is 2.28. The van der Waals surface area contributed by atoms with Gasteiger partial charge >= 0.3 is 0 Å². The maximum Gasteiger partial charge on any atom is 0.124 e.